The fourth-order valence-corrected chi connectivity index (χ4v) is 2.79. The van der Waals surface area contributed by atoms with Crippen LogP contribution in [0.5, 0.6) is 0 Å². The Labute approximate surface area is 111 Å². The number of carboxylic acids is 1. The monoisotopic (exact) mass is 256 g/mol. The maximum atomic E-state index is 11.0. The number of hydrogen-bond acceptors (Lipinski definition) is 2. The largest absolute Gasteiger partial charge is 0.480 e. The van der Waals surface area contributed by atoms with Gasteiger partial charge in [0.25, 0.3) is 0 Å². The van der Waals surface area contributed by atoms with E-state index in [0.29, 0.717) is 0 Å². The third kappa shape index (κ3) is 2.27. The average Bonchev–Trinajstić information content (AvgIpc) is 2.87. The van der Waals surface area contributed by atoms with E-state index in [1.807, 2.05) is 29.2 Å². The molecule has 1 unspecified atom stereocenters. The van der Waals surface area contributed by atoms with Crippen molar-refractivity contribution >= 4 is 5.97 Å². The molecule has 3 rings (SSSR count). The summed E-state index contributed by atoms with van der Waals surface area (Å²) in [5.41, 5.74) is 2.31. The van der Waals surface area contributed by atoms with Crippen molar-refractivity contribution in [2.45, 2.75) is 12.6 Å². The highest BCUT2D eigenvalue weighted by Crippen LogP contribution is 2.31. The van der Waals surface area contributed by atoms with Gasteiger partial charge < -0.3 is 9.67 Å². The Hall–Kier alpha value is -2.07. The van der Waals surface area contributed by atoms with Gasteiger partial charge in [0, 0.05) is 25.0 Å². The molecule has 4 heteroatoms. The van der Waals surface area contributed by atoms with Crippen LogP contribution >= 0.6 is 0 Å². The number of carboxylic acid groups (broad SMARTS) is 1. The van der Waals surface area contributed by atoms with Crippen molar-refractivity contribution in [3.63, 3.8) is 0 Å². The molecule has 1 aliphatic heterocycles. The van der Waals surface area contributed by atoms with Crippen LogP contribution in [0.1, 0.15) is 17.3 Å². The third-order valence-electron chi connectivity index (χ3n) is 3.59. The van der Waals surface area contributed by atoms with Gasteiger partial charge >= 0.3 is 5.97 Å². The van der Waals surface area contributed by atoms with Crippen molar-refractivity contribution in [3.05, 3.63) is 59.9 Å². The molecular formula is C15H16N2O2. The van der Waals surface area contributed by atoms with Crippen LogP contribution in [0.25, 0.3) is 0 Å². The topological polar surface area (TPSA) is 45.5 Å². The molecule has 0 aliphatic carbocycles. The van der Waals surface area contributed by atoms with Crippen LogP contribution in [0.3, 0.4) is 0 Å². The Bertz CT molecular complexity index is 577. The van der Waals surface area contributed by atoms with Crippen molar-refractivity contribution in [1.82, 2.24) is 9.47 Å². The number of aliphatic carboxylic acids is 1. The van der Waals surface area contributed by atoms with Crippen LogP contribution in [-0.4, -0.2) is 33.6 Å². The zero-order valence-electron chi connectivity index (χ0n) is 10.6. The van der Waals surface area contributed by atoms with Crippen molar-refractivity contribution < 1.29 is 9.90 Å². The number of nitrogens with zero attached hydrogens (tertiary/aromatic N) is 2. The van der Waals surface area contributed by atoms with Gasteiger partial charge in [-0.05, 0) is 17.7 Å². The standard InChI is InChI=1S/C15H16N2O2/c18-14(19)11-17-10-9-16-8-4-7-13(16)15(17)12-5-2-1-3-6-12/h1-8,15H,9-11H2,(H,18,19). The Balaban J connectivity index is 2.02. The number of fused-ring (bicyclic) bond motifs is 1. The van der Waals surface area contributed by atoms with Crippen LogP contribution in [0.4, 0.5) is 0 Å². The number of hydrogen-bond donors (Lipinski definition) is 1. The number of benzene rings is 1. The lowest BCUT2D eigenvalue weighted by molar-refractivity contribution is -0.139. The molecule has 1 aromatic heterocycles. The number of rotatable bonds is 3. The molecule has 2 aromatic rings. The molecule has 0 saturated carbocycles. The second-order valence-electron chi connectivity index (χ2n) is 4.80. The molecule has 98 valence electrons. The van der Waals surface area contributed by atoms with E-state index in [-0.39, 0.29) is 12.6 Å². The Morgan fingerprint density at radius 1 is 1.16 bits per heavy atom. The van der Waals surface area contributed by atoms with E-state index in [0.717, 1.165) is 18.7 Å². The van der Waals surface area contributed by atoms with E-state index < -0.39 is 5.97 Å². The molecule has 0 fully saturated rings. The Kier molecular flexibility index (Phi) is 3.09. The fraction of sp³-hybridized carbons (Fsp3) is 0.267. The van der Waals surface area contributed by atoms with Crippen molar-refractivity contribution in [2.24, 2.45) is 0 Å². The van der Waals surface area contributed by atoms with E-state index in [2.05, 4.69) is 29.0 Å². The van der Waals surface area contributed by atoms with Crippen molar-refractivity contribution in [1.29, 1.82) is 0 Å². The summed E-state index contributed by atoms with van der Waals surface area (Å²) >= 11 is 0. The molecule has 1 atom stereocenters. The predicted molar refractivity (Wildman–Crippen MR) is 71.9 cm³/mol. The summed E-state index contributed by atoms with van der Waals surface area (Å²) in [5, 5.41) is 9.08. The highest BCUT2D eigenvalue weighted by molar-refractivity contribution is 5.69. The molecule has 1 aromatic carbocycles. The number of aromatic nitrogens is 1. The van der Waals surface area contributed by atoms with Gasteiger partial charge in [0.05, 0.1) is 12.6 Å². The second kappa shape index (κ2) is 4.90. The summed E-state index contributed by atoms with van der Waals surface area (Å²) in [5.74, 6) is -0.777. The van der Waals surface area contributed by atoms with Crippen LogP contribution in [0, 0.1) is 0 Å². The summed E-state index contributed by atoms with van der Waals surface area (Å²) in [6.07, 6.45) is 2.06. The first-order chi connectivity index (χ1) is 9.25. The van der Waals surface area contributed by atoms with Gasteiger partial charge in [0.15, 0.2) is 0 Å². The number of carbonyl (C=O) groups is 1. The summed E-state index contributed by atoms with van der Waals surface area (Å²) < 4.78 is 2.20. The lowest BCUT2D eigenvalue weighted by Crippen LogP contribution is -2.41. The SMILES string of the molecule is O=C(O)CN1CCn2cccc2C1c1ccccc1. The molecule has 0 bridgehead atoms. The van der Waals surface area contributed by atoms with Crippen molar-refractivity contribution in [3.8, 4) is 0 Å². The molecule has 0 radical (unpaired) electrons. The minimum absolute atomic E-state index is 0.0287. The fourth-order valence-electron chi connectivity index (χ4n) is 2.79. The van der Waals surface area contributed by atoms with Gasteiger partial charge in [-0.25, -0.2) is 0 Å². The van der Waals surface area contributed by atoms with E-state index in [1.54, 1.807) is 0 Å². The minimum Gasteiger partial charge on any atom is -0.480 e. The summed E-state index contributed by atoms with van der Waals surface area (Å²) in [6.45, 7) is 1.68. The molecule has 1 N–H and O–H groups in total. The molecule has 4 nitrogen and oxygen atoms in total. The van der Waals surface area contributed by atoms with E-state index in [4.69, 9.17) is 5.11 Å². The quantitative estimate of drug-likeness (QED) is 0.913. The maximum Gasteiger partial charge on any atom is 0.317 e. The van der Waals surface area contributed by atoms with Gasteiger partial charge in [-0.2, -0.15) is 0 Å². The first kappa shape index (κ1) is 12.0. The van der Waals surface area contributed by atoms with Crippen LogP contribution in [0.15, 0.2) is 48.7 Å². The van der Waals surface area contributed by atoms with Crippen LogP contribution in [0.2, 0.25) is 0 Å². The molecule has 0 saturated heterocycles. The van der Waals surface area contributed by atoms with Gasteiger partial charge in [-0.1, -0.05) is 30.3 Å². The normalized spacial score (nSPS) is 19.1. The summed E-state index contributed by atoms with van der Waals surface area (Å²) in [4.78, 5) is 13.1. The van der Waals surface area contributed by atoms with Crippen molar-refractivity contribution in [2.75, 3.05) is 13.1 Å². The minimum atomic E-state index is -0.777. The van der Waals surface area contributed by atoms with Gasteiger partial charge in [-0.3, -0.25) is 9.69 Å². The smallest absolute Gasteiger partial charge is 0.317 e. The highest BCUT2D eigenvalue weighted by Gasteiger charge is 2.29. The molecular weight excluding hydrogens is 240 g/mol. The first-order valence-corrected chi connectivity index (χ1v) is 6.41. The molecule has 19 heavy (non-hydrogen) atoms. The van der Waals surface area contributed by atoms with Gasteiger partial charge in [0.2, 0.25) is 0 Å². The highest BCUT2D eigenvalue weighted by atomic mass is 16.4. The zero-order chi connectivity index (χ0) is 13.2. The molecule has 1 aliphatic rings. The van der Waals surface area contributed by atoms with Crippen LogP contribution in [-0.2, 0) is 11.3 Å². The third-order valence-corrected chi connectivity index (χ3v) is 3.59. The van der Waals surface area contributed by atoms with E-state index in [9.17, 15) is 4.79 Å². The summed E-state index contributed by atoms with van der Waals surface area (Å²) in [6, 6.07) is 14.2. The molecule has 2 heterocycles. The van der Waals surface area contributed by atoms with Gasteiger partial charge in [0.1, 0.15) is 0 Å². The average molecular weight is 256 g/mol. The first-order valence-electron chi connectivity index (χ1n) is 6.41. The zero-order valence-corrected chi connectivity index (χ0v) is 10.6. The van der Waals surface area contributed by atoms with E-state index in [1.165, 1.54) is 5.69 Å². The Morgan fingerprint density at radius 3 is 2.68 bits per heavy atom. The Morgan fingerprint density at radius 2 is 1.95 bits per heavy atom. The summed E-state index contributed by atoms with van der Waals surface area (Å²) in [7, 11) is 0. The lowest BCUT2D eigenvalue weighted by atomic mass is 10.00. The lowest BCUT2D eigenvalue weighted by Gasteiger charge is -2.36. The van der Waals surface area contributed by atoms with Crippen LogP contribution < -0.4 is 0 Å². The van der Waals surface area contributed by atoms with E-state index >= 15 is 0 Å². The maximum absolute atomic E-state index is 11.0. The van der Waals surface area contributed by atoms with Gasteiger partial charge in [-0.15, -0.1) is 0 Å². The molecule has 0 amide bonds. The second-order valence-corrected chi connectivity index (χ2v) is 4.80. The molecule has 0 spiro atoms. The predicted octanol–water partition coefficient (Wildman–Crippen LogP) is 1.98.